The number of amides is 1. The van der Waals surface area contributed by atoms with Crippen LogP contribution in [0.1, 0.15) is 20.3 Å². The van der Waals surface area contributed by atoms with Gasteiger partial charge in [-0.2, -0.15) is 10.1 Å². The van der Waals surface area contributed by atoms with Gasteiger partial charge < -0.3 is 4.90 Å². The third-order valence-electron chi connectivity index (χ3n) is 4.91. The topological polar surface area (TPSA) is 96.8 Å². The van der Waals surface area contributed by atoms with Crippen LogP contribution in [-0.4, -0.2) is 54.4 Å². The number of carbonyl (C=O) groups is 1. The molecule has 0 spiro atoms. The van der Waals surface area contributed by atoms with Crippen LogP contribution in [0, 0.1) is 11.8 Å². The van der Waals surface area contributed by atoms with Crippen molar-refractivity contribution >= 4 is 28.6 Å². The van der Waals surface area contributed by atoms with Gasteiger partial charge in [0.25, 0.3) is 5.56 Å². The lowest BCUT2D eigenvalue weighted by atomic mass is 9.92. The Kier molecular flexibility index (Phi) is 5.17. The second-order valence-electron chi connectivity index (χ2n) is 7.39. The van der Waals surface area contributed by atoms with Gasteiger partial charge in [-0.15, -0.1) is 0 Å². The number of carbonyl (C=O) groups excluding carboxylic acids is 1. The van der Waals surface area contributed by atoms with E-state index < -0.39 is 0 Å². The molecule has 1 saturated heterocycles. The van der Waals surface area contributed by atoms with Crippen LogP contribution in [0.5, 0.6) is 0 Å². The van der Waals surface area contributed by atoms with Gasteiger partial charge in [0.1, 0.15) is 6.33 Å². The maximum absolute atomic E-state index is 13.0. The molecule has 1 fully saturated rings. The zero-order valence-corrected chi connectivity index (χ0v) is 16.6. The highest BCUT2D eigenvalue weighted by Gasteiger charge is 2.26. The summed E-state index contributed by atoms with van der Waals surface area (Å²) in [6.07, 6.45) is 2.49. The van der Waals surface area contributed by atoms with E-state index in [1.165, 1.54) is 22.7 Å². The van der Waals surface area contributed by atoms with Crippen LogP contribution in [0.3, 0.4) is 0 Å². The van der Waals surface area contributed by atoms with E-state index in [2.05, 4.69) is 34.0 Å². The van der Waals surface area contributed by atoms with Crippen molar-refractivity contribution in [2.45, 2.75) is 25.4 Å². The van der Waals surface area contributed by atoms with Gasteiger partial charge in [0.2, 0.25) is 11.9 Å². The molecular weight excluding hydrogens is 376 g/mol. The molecule has 4 rings (SSSR count). The SMILES string of the molecule is C[C@H]1C[C@H](C)CN(C(=O)CSc2nc3ccccc3c(=O)n2-c2ncn[nH]2)C1. The van der Waals surface area contributed by atoms with Crippen LogP contribution in [0.15, 0.2) is 40.5 Å². The summed E-state index contributed by atoms with van der Waals surface area (Å²) < 4.78 is 1.38. The summed E-state index contributed by atoms with van der Waals surface area (Å²) in [7, 11) is 0. The van der Waals surface area contributed by atoms with E-state index in [1.54, 1.807) is 18.2 Å². The number of H-pyrrole nitrogens is 1. The maximum atomic E-state index is 13.0. The van der Waals surface area contributed by atoms with Crippen molar-refractivity contribution in [1.29, 1.82) is 0 Å². The lowest BCUT2D eigenvalue weighted by Crippen LogP contribution is -2.43. The fourth-order valence-electron chi connectivity index (χ4n) is 3.79. The van der Waals surface area contributed by atoms with Gasteiger partial charge in [-0.25, -0.2) is 14.6 Å². The number of hydrogen-bond donors (Lipinski definition) is 1. The highest BCUT2D eigenvalue weighted by Crippen LogP contribution is 2.24. The van der Waals surface area contributed by atoms with Gasteiger partial charge in [0.05, 0.1) is 16.7 Å². The van der Waals surface area contributed by atoms with E-state index in [9.17, 15) is 9.59 Å². The summed E-state index contributed by atoms with van der Waals surface area (Å²) in [6, 6.07) is 7.16. The van der Waals surface area contributed by atoms with Crippen LogP contribution in [0.25, 0.3) is 16.9 Å². The first-order valence-corrected chi connectivity index (χ1v) is 10.3. The molecule has 146 valence electrons. The third-order valence-corrected chi connectivity index (χ3v) is 5.83. The second kappa shape index (κ2) is 7.75. The predicted molar refractivity (Wildman–Crippen MR) is 108 cm³/mol. The number of aromatic nitrogens is 5. The summed E-state index contributed by atoms with van der Waals surface area (Å²) in [4.78, 5) is 36.4. The lowest BCUT2D eigenvalue weighted by molar-refractivity contribution is -0.130. The Morgan fingerprint density at radius 2 is 2.00 bits per heavy atom. The van der Waals surface area contributed by atoms with Gasteiger partial charge in [-0.05, 0) is 30.4 Å². The molecule has 3 aromatic rings. The minimum Gasteiger partial charge on any atom is -0.341 e. The van der Waals surface area contributed by atoms with E-state index in [1.807, 2.05) is 11.0 Å². The number of nitrogens with one attached hydrogen (secondary N) is 1. The molecule has 2 aromatic heterocycles. The predicted octanol–water partition coefficient (Wildman–Crippen LogP) is 2.10. The van der Waals surface area contributed by atoms with Crippen LogP contribution in [0.4, 0.5) is 0 Å². The Morgan fingerprint density at radius 3 is 2.71 bits per heavy atom. The van der Waals surface area contributed by atoms with Crippen LogP contribution < -0.4 is 5.56 Å². The first kappa shape index (κ1) is 18.7. The molecule has 1 aromatic carbocycles. The zero-order chi connectivity index (χ0) is 19.7. The number of aromatic amines is 1. The van der Waals surface area contributed by atoms with Crippen molar-refractivity contribution in [3.05, 3.63) is 40.9 Å². The molecule has 0 unspecified atom stereocenters. The van der Waals surface area contributed by atoms with E-state index in [0.29, 0.717) is 33.8 Å². The number of rotatable bonds is 4. The summed E-state index contributed by atoms with van der Waals surface area (Å²) in [6.45, 7) is 5.92. The number of hydrogen-bond acceptors (Lipinski definition) is 6. The highest BCUT2D eigenvalue weighted by molar-refractivity contribution is 7.99. The molecule has 1 N–H and O–H groups in total. The third kappa shape index (κ3) is 3.66. The Hall–Kier alpha value is -2.68. The summed E-state index contributed by atoms with van der Waals surface area (Å²) in [5.74, 6) is 1.58. The molecule has 1 amide bonds. The average molecular weight is 398 g/mol. The number of fused-ring (bicyclic) bond motifs is 1. The van der Waals surface area contributed by atoms with Gasteiger partial charge in [0.15, 0.2) is 5.16 Å². The minimum absolute atomic E-state index is 0.0647. The molecule has 28 heavy (non-hydrogen) atoms. The largest absolute Gasteiger partial charge is 0.341 e. The summed E-state index contributed by atoms with van der Waals surface area (Å²) in [5, 5.41) is 7.47. The minimum atomic E-state index is -0.238. The molecular formula is C19H22N6O2S. The molecule has 0 aliphatic carbocycles. The van der Waals surface area contributed by atoms with Crippen molar-refractivity contribution in [2.24, 2.45) is 11.8 Å². The number of nitrogens with zero attached hydrogens (tertiary/aromatic N) is 5. The number of piperidine rings is 1. The zero-order valence-electron chi connectivity index (χ0n) is 15.8. The monoisotopic (exact) mass is 398 g/mol. The Balaban J connectivity index is 1.64. The molecule has 1 aliphatic rings. The molecule has 0 saturated carbocycles. The maximum Gasteiger partial charge on any atom is 0.269 e. The van der Waals surface area contributed by atoms with E-state index in [-0.39, 0.29) is 17.2 Å². The van der Waals surface area contributed by atoms with Crippen LogP contribution in [-0.2, 0) is 4.79 Å². The van der Waals surface area contributed by atoms with E-state index in [4.69, 9.17) is 0 Å². The standard InChI is InChI=1S/C19H22N6O2S/c1-12-7-13(2)9-24(8-12)16(26)10-28-19-22-15-6-4-3-5-14(15)17(27)25(19)18-20-11-21-23-18/h3-6,11-13H,7-10H2,1-2H3,(H,20,21,23)/t12-,13-/m0/s1. The van der Waals surface area contributed by atoms with Crippen molar-refractivity contribution in [3.8, 4) is 5.95 Å². The number of likely N-dealkylation sites (tertiary alicyclic amines) is 1. The molecule has 1 aliphatic heterocycles. The van der Waals surface area contributed by atoms with Crippen molar-refractivity contribution in [2.75, 3.05) is 18.8 Å². The van der Waals surface area contributed by atoms with E-state index in [0.717, 1.165) is 19.5 Å². The fourth-order valence-corrected chi connectivity index (χ4v) is 4.68. The van der Waals surface area contributed by atoms with Crippen molar-refractivity contribution in [1.82, 2.24) is 29.6 Å². The second-order valence-corrected chi connectivity index (χ2v) is 8.34. The molecule has 0 radical (unpaired) electrons. The lowest BCUT2D eigenvalue weighted by Gasteiger charge is -2.35. The van der Waals surface area contributed by atoms with Gasteiger partial charge >= 0.3 is 0 Å². The average Bonchev–Trinajstić information content (AvgIpc) is 3.19. The number of thioether (sulfide) groups is 1. The van der Waals surface area contributed by atoms with Crippen molar-refractivity contribution in [3.63, 3.8) is 0 Å². The normalized spacial score (nSPS) is 19.9. The first-order valence-electron chi connectivity index (χ1n) is 9.31. The Morgan fingerprint density at radius 1 is 1.25 bits per heavy atom. The number of para-hydroxylation sites is 1. The quantitative estimate of drug-likeness (QED) is 0.534. The Bertz CT molecular complexity index is 1040. The fraction of sp³-hybridized carbons (Fsp3) is 0.421. The highest BCUT2D eigenvalue weighted by atomic mass is 32.2. The summed E-state index contributed by atoms with van der Waals surface area (Å²) >= 11 is 1.25. The van der Waals surface area contributed by atoms with Gasteiger partial charge in [-0.3, -0.25) is 9.59 Å². The van der Waals surface area contributed by atoms with Gasteiger partial charge in [0, 0.05) is 13.1 Å². The van der Waals surface area contributed by atoms with Gasteiger partial charge in [-0.1, -0.05) is 37.7 Å². The molecule has 8 nitrogen and oxygen atoms in total. The van der Waals surface area contributed by atoms with Crippen LogP contribution >= 0.6 is 11.8 Å². The Labute approximate surface area is 166 Å². The molecule has 2 atom stereocenters. The van der Waals surface area contributed by atoms with Crippen molar-refractivity contribution < 1.29 is 4.79 Å². The van der Waals surface area contributed by atoms with E-state index >= 15 is 0 Å². The molecule has 3 heterocycles. The summed E-state index contributed by atoms with van der Waals surface area (Å²) in [5.41, 5.74) is 0.357. The number of benzene rings is 1. The first-order chi connectivity index (χ1) is 13.5. The molecule has 9 heteroatoms. The smallest absolute Gasteiger partial charge is 0.269 e. The van der Waals surface area contributed by atoms with Crippen LogP contribution in [0.2, 0.25) is 0 Å². The molecule has 0 bridgehead atoms.